The standard InChI is InChI=1S/C25H20N6O/c1-17-12-18(4-7-27-17)22-5-8-29-25-23(22)6-11-31(25)16-21(32)13-20-3-2-19(14-30-20)24-15-26-9-10-28-24/h2-12,14-15H,13,16H2,1H3. The second-order valence-electron chi connectivity index (χ2n) is 7.57. The summed E-state index contributed by atoms with van der Waals surface area (Å²) in [5.41, 5.74) is 6.25. The third kappa shape index (κ3) is 4.00. The molecule has 32 heavy (non-hydrogen) atoms. The summed E-state index contributed by atoms with van der Waals surface area (Å²) >= 11 is 0. The van der Waals surface area contributed by atoms with Gasteiger partial charge < -0.3 is 4.57 Å². The lowest BCUT2D eigenvalue weighted by atomic mass is 10.0. The minimum absolute atomic E-state index is 0.0641. The highest BCUT2D eigenvalue weighted by Gasteiger charge is 2.12. The van der Waals surface area contributed by atoms with Crippen molar-refractivity contribution < 1.29 is 4.79 Å². The average Bonchev–Trinajstić information content (AvgIpc) is 3.23. The Labute approximate surface area is 184 Å². The molecule has 7 nitrogen and oxygen atoms in total. The molecule has 156 valence electrons. The molecule has 0 unspecified atom stereocenters. The van der Waals surface area contributed by atoms with Gasteiger partial charge in [0.2, 0.25) is 0 Å². The number of carbonyl (C=O) groups excluding carboxylic acids is 1. The summed E-state index contributed by atoms with van der Waals surface area (Å²) in [6.45, 7) is 2.21. The molecule has 0 aliphatic heterocycles. The van der Waals surface area contributed by atoms with Gasteiger partial charge in [0.05, 0.1) is 24.9 Å². The zero-order valence-corrected chi connectivity index (χ0v) is 17.5. The molecule has 0 amide bonds. The highest BCUT2D eigenvalue weighted by molar-refractivity contribution is 5.94. The molecule has 5 rings (SSSR count). The predicted molar refractivity (Wildman–Crippen MR) is 122 cm³/mol. The maximum Gasteiger partial charge on any atom is 0.158 e. The van der Waals surface area contributed by atoms with Crippen LogP contribution in [-0.2, 0) is 17.8 Å². The third-order valence-corrected chi connectivity index (χ3v) is 5.28. The number of nitrogens with zero attached hydrogens (tertiary/aromatic N) is 6. The number of carbonyl (C=O) groups is 1. The van der Waals surface area contributed by atoms with Crippen LogP contribution in [0.1, 0.15) is 11.4 Å². The van der Waals surface area contributed by atoms with Crippen LogP contribution in [0, 0.1) is 6.92 Å². The molecule has 0 radical (unpaired) electrons. The van der Waals surface area contributed by atoms with E-state index in [2.05, 4.69) is 24.9 Å². The molecule has 5 aromatic heterocycles. The lowest BCUT2D eigenvalue weighted by molar-refractivity contribution is -0.119. The molecule has 0 saturated heterocycles. The average molecular weight is 420 g/mol. The van der Waals surface area contributed by atoms with Gasteiger partial charge in [0, 0.05) is 59.5 Å². The van der Waals surface area contributed by atoms with Crippen LogP contribution in [0.2, 0.25) is 0 Å². The summed E-state index contributed by atoms with van der Waals surface area (Å²) in [6, 6.07) is 11.8. The van der Waals surface area contributed by atoms with Crippen LogP contribution in [0.4, 0.5) is 0 Å². The molecule has 0 atom stereocenters. The Balaban J connectivity index is 1.34. The molecule has 0 fully saturated rings. The Morgan fingerprint density at radius 2 is 1.78 bits per heavy atom. The highest BCUT2D eigenvalue weighted by atomic mass is 16.1. The maximum atomic E-state index is 12.8. The Kier molecular flexibility index (Phi) is 5.21. The van der Waals surface area contributed by atoms with Crippen molar-refractivity contribution in [2.75, 3.05) is 0 Å². The van der Waals surface area contributed by atoms with Crippen LogP contribution in [0.25, 0.3) is 33.4 Å². The van der Waals surface area contributed by atoms with Gasteiger partial charge >= 0.3 is 0 Å². The molecule has 7 heteroatoms. The van der Waals surface area contributed by atoms with Gasteiger partial charge in [0.25, 0.3) is 0 Å². The first-order valence-electron chi connectivity index (χ1n) is 10.3. The summed E-state index contributed by atoms with van der Waals surface area (Å²) in [6.07, 6.45) is 12.4. The van der Waals surface area contributed by atoms with Gasteiger partial charge in [-0.25, -0.2) is 4.98 Å². The number of aryl methyl sites for hydroxylation is 1. The van der Waals surface area contributed by atoms with E-state index in [-0.39, 0.29) is 18.7 Å². The van der Waals surface area contributed by atoms with E-state index in [1.807, 2.05) is 54.1 Å². The summed E-state index contributed by atoms with van der Waals surface area (Å²) in [5.74, 6) is 0.0641. The first-order chi connectivity index (χ1) is 15.7. The Morgan fingerprint density at radius 1 is 0.875 bits per heavy atom. The molecule has 0 aliphatic carbocycles. The van der Waals surface area contributed by atoms with Crippen LogP contribution in [-0.4, -0.2) is 35.3 Å². The van der Waals surface area contributed by atoms with Crippen molar-refractivity contribution in [3.8, 4) is 22.4 Å². The maximum absolute atomic E-state index is 12.8. The van der Waals surface area contributed by atoms with E-state index in [0.717, 1.165) is 44.8 Å². The monoisotopic (exact) mass is 420 g/mol. The van der Waals surface area contributed by atoms with Crippen LogP contribution < -0.4 is 0 Å². The second kappa shape index (κ2) is 8.47. The molecule has 0 aliphatic rings. The van der Waals surface area contributed by atoms with Crippen LogP contribution in [0.15, 0.2) is 79.8 Å². The zero-order valence-electron chi connectivity index (χ0n) is 17.5. The van der Waals surface area contributed by atoms with E-state index in [1.54, 1.807) is 37.2 Å². The van der Waals surface area contributed by atoms with Gasteiger partial charge in [-0.2, -0.15) is 0 Å². The van der Waals surface area contributed by atoms with Crippen LogP contribution >= 0.6 is 0 Å². The molecule has 5 aromatic rings. The normalized spacial score (nSPS) is 11.0. The van der Waals surface area contributed by atoms with Gasteiger partial charge in [-0.1, -0.05) is 0 Å². The van der Waals surface area contributed by atoms with E-state index >= 15 is 0 Å². The SMILES string of the molecule is Cc1cc(-c2ccnc3c2ccn3CC(=O)Cc2ccc(-c3cnccn3)cn2)ccn1. The number of fused-ring (bicyclic) bond motifs is 1. The summed E-state index contributed by atoms with van der Waals surface area (Å²) in [7, 11) is 0. The Morgan fingerprint density at radius 3 is 2.56 bits per heavy atom. The van der Waals surface area contributed by atoms with E-state index in [9.17, 15) is 4.79 Å². The lowest BCUT2D eigenvalue weighted by Gasteiger charge is -2.07. The molecule has 5 heterocycles. The molecular weight excluding hydrogens is 400 g/mol. The minimum Gasteiger partial charge on any atom is -0.325 e. The van der Waals surface area contributed by atoms with E-state index in [4.69, 9.17) is 0 Å². The number of pyridine rings is 3. The number of ketones is 1. The second-order valence-corrected chi connectivity index (χ2v) is 7.57. The fourth-order valence-corrected chi connectivity index (χ4v) is 3.76. The quantitative estimate of drug-likeness (QED) is 0.412. The molecule has 0 N–H and O–H groups in total. The molecule has 0 bridgehead atoms. The smallest absolute Gasteiger partial charge is 0.158 e. The van der Waals surface area contributed by atoms with Crippen molar-refractivity contribution in [1.29, 1.82) is 0 Å². The van der Waals surface area contributed by atoms with E-state index in [1.165, 1.54) is 0 Å². The first-order valence-corrected chi connectivity index (χ1v) is 10.3. The first kappa shape index (κ1) is 19.7. The largest absolute Gasteiger partial charge is 0.325 e. The van der Waals surface area contributed by atoms with Crippen molar-refractivity contribution in [3.05, 3.63) is 91.2 Å². The zero-order chi connectivity index (χ0) is 21.9. The van der Waals surface area contributed by atoms with Crippen LogP contribution in [0.3, 0.4) is 0 Å². The number of Topliss-reactive ketones (excluding diaryl/α,β-unsaturated/α-hetero) is 1. The fourth-order valence-electron chi connectivity index (χ4n) is 3.76. The summed E-state index contributed by atoms with van der Waals surface area (Å²) in [5, 5.41) is 1.01. The van der Waals surface area contributed by atoms with Crippen molar-refractivity contribution >= 4 is 16.8 Å². The lowest BCUT2D eigenvalue weighted by Crippen LogP contribution is -2.13. The number of rotatable bonds is 6. The van der Waals surface area contributed by atoms with E-state index < -0.39 is 0 Å². The highest BCUT2D eigenvalue weighted by Crippen LogP contribution is 2.28. The molecule has 0 saturated carbocycles. The fraction of sp³-hybridized carbons (Fsp3) is 0.120. The van der Waals surface area contributed by atoms with E-state index in [0.29, 0.717) is 0 Å². The number of hydrogen-bond donors (Lipinski definition) is 0. The summed E-state index contributed by atoms with van der Waals surface area (Å²) < 4.78 is 1.89. The van der Waals surface area contributed by atoms with Crippen molar-refractivity contribution in [2.24, 2.45) is 0 Å². The van der Waals surface area contributed by atoms with Crippen LogP contribution in [0.5, 0.6) is 0 Å². The van der Waals surface area contributed by atoms with Crippen molar-refractivity contribution in [1.82, 2.24) is 29.5 Å². The topological polar surface area (TPSA) is 86.5 Å². The summed E-state index contributed by atoms with van der Waals surface area (Å²) in [4.78, 5) is 34.3. The number of hydrogen-bond acceptors (Lipinski definition) is 6. The van der Waals surface area contributed by atoms with Gasteiger partial charge in [0.1, 0.15) is 5.65 Å². The third-order valence-electron chi connectivity index (χ3n) is 5.28. The van der Waals surface area contributed by atoms with Gasteiger partial charge in [-0.3, -0.25) is 24.7 Å². The minimum atomic E-state index is 0.0641. The Bertz CT molecular complexity index is 1390. The molecular formula is C25H20N6O. The molecule has 0 spiro atoms. The predicted octanol–water partition coefficient (Wildman–Crippen LogP) is 4.07. The number of aromatic nitrogens is 6. The van der Waals surface area contributed by atoms with Gasteiger partial charge in [-0.05, 0) is 54.4 Å². The van der Waals surface area contributed by atoms with Gasteiger partial charge in [-0.15, -0.1) is 0 Å². The Hall–Kier alpha value is -4.26. The van der Waals surface area contributed by atoms with Crippen molar-refractivity contribution in [3.63, 3.8) is 0 Å². The molecule has 0 aromatic carbocycles. The van der Waals surface area contributed by atoms with Gasteiger partial charge in [0.15, 0.2) is 5.78 Å². The van der Waals surface area contributed by atoms with Crippen molar-refractivity contribution in [2.45, 2.75) is 19.9 Å².